The normalized spacial score (nSPS) is 25.9. The Balaban J connectivity index is 1.52. The molecule has 0 bridgehead atoms. The highest BCUT2D eigenvalue weighted by Gasteiger charge is 2.49. The van der Waals surface area contributed by atoms with Crippen LogP contribution in [0.25, 0.3) is 0 Å². The predicted molar refractivity (Wildman–Crippen MR) is 170 cm³/mol. The fourth-order valence-corrected chi connectivity index (χ4v) is 7.28. The lowest BCUT2D eigenvalue weighted by Crippen LogP contribution is -2.62. The highest BCUT2D eigenvalue weighted by molar-refractivity contribution is 6.38. The number of likely N-dealkylation sites (tertiary alicyclic amines) is 1. The molecule has 0 radical (unpaired) electrons. The number of hydrogen-bond acceptors (Lipinski definition) is 6. The van der Waals surface area contributed by atoms with Crippen LogP contribution in [0, 0.1) is 35.0 Å². The van der Waals surface area contributed by atoms with Crippen LogP contribution in [0.1, 0.15) is 105 Å². The minimum absolute atomic E-state index is 0.00707. The van der Waals surface area contributed by atoms with Crippen LogP contribution in [-0.4, -0.2) is 78.0 Å². The SMILES string of the molecule is CC[C@H]1CN(C(=O)[C@@H](NC(=O)N[C@H](C(=O)C2CC2)C2CCCCC2)C(C)(C)C)[C@H](C(=O)NC(CC2CC2)C(=O)C(=O)NC)[C@H]1C. The molecular weight excluding hydrogens is 574 g/mol. The molecule has 1 heterocycles. The van der Waals surface area contributed by atoms with Crippen LogP contribution in [0.5, 0.6) is 0 Å². The number of ketones is 2. The number of urea groups is 1. The van der Waals surface area contributed by atoms with Gasteiger partial charge in [-0.25, -0.2) is 4.79 Å². The van der Waals surface area contributed by atoms with E-state index in [0.717, 1.165) is 64.2 Å². The Bertz CT molecular complexity index is 1140. The first-order valence-corrected chi connectivity index (χ1v) is 17.2. The number of rotatable bonds is 13. The average molecular weight is 630 g/mol. The van der Waals surface area contributed by atoms with Gasteiger partial charge >= 0.3 is 6.03 Å². The van der Waals surface area contributed by atoms with Crippen LogP contribution >= 0.6 is 0 Å². The molecule has 252 valence electrons. The monoisotopic (exact) mass is 629 g/mol. The maximum absolute atomic E-state index is 14.4. The third-order valence-electron chi connectivity index (χ3n) is 10.5. The van der Waals surface area contributed by atoms with Gasteiger partial charge in [-0.2, -0.15) is 0 Å². The molecule has 4 fully saturated rings. The lowest BCUT2D eigenvalue weighted by molar-refractivity contribution is -0.144. The summed E-state index contributed by atoms with van der Waals surface area (Å²) in [7, 11) is 1.39. The molecule has 6 atom stereocenters. The topological polar surface area (TPSA) is 154 Å². The molecule has 4 N–H and O–H groups in total. The van der Waals surface area contributed by atoms with Gasteiger partial charge in [-0.15, -0.1) is 0 Å². The Morgan fingerprint density at radius 3 is 2.04 bits per heavy atom. The van der Waals surface area contributed by atoms with E-state index in [1.807, 2.05) is 34.6 Å². The van der Waals surface area contributed by atoms with Crippen LogP contribution in [0.4, 0.5) is 4.79 Å². The molecule has 0 aromatic rings. The molecule has 1 aliphatic heterocycles. The molecule has 11 nitrogen and oxygen atoms in total. The smallest absolute Gasteiger partial charge is 0.316 e. The second-order valence-electron chi connectivity index (χ2n) is 15.1. The van der Waals surface area contributed by atoms with Crippen LogP contribution in [0.15, 0.2) is 0 Å². The summed E-state index contributed by atoms with van der Waals surface area (Å²) in [5.41, 5.74) is -0.701. The summed E-state index contributed by atoms with van der Waals surface area (Å²) in [5.74, 6) is -1.95. The second-order valence-corrected chi connectivity index (χ2v) is 15.1. The van der Waals surface area contributed by atoms with Crippen molar-refractivity contribution in [2.24, 2.45) is 35.0 Å². The summed E-state index contributed by atoms with van der Waals surface area (Å²) in [6, 6.07) is -3.90. The fourth-order valence-electron chi connectivity index (χ4n) is 7.28. The minimum atomic E-state index is -0.964. The van der Waals surface area contributed by atoms with E-state index in [1.165, 1.54) is 7.05 Å². The number of carbonyl (C=O) groups is 6. The van der Waals surface area contributed by atoms with Gasteiger partial charge in [0.25, 0.3) is 5.91 Å². The molecule has 4 rings (SSSR count). The molecule has 3 saturated carbocycles. The van der Waals surface area contributed by atoms with Gasteiger partial charge in [0.15, 0.2) is 5.78 Å². The summed E-state index contributed by atoms with van der Waals surface area (Å²) in [4.78, 5) is 81.7. The quantitative estimate of drug-likeness (QED) is 0.230. The standard InChI is InChI=1S/C34H55N5O6/c1-7-21-18-39(26(19(21)2)30(42)36-24(17-20-13-14-20)28(41)31(43)35-6)32(44)29(34(3,4)5)38-33(45)37-25(27(40)23-15-16-23)22-11-9-8-10-12-22/h19-26,29H,7-18H2,1-6H3,(H,35,43)(H,36,42)(H2,37,38,45)/t19-,21-,24?,25-,26-,29+/m0/s1. The van der Waals surface area contributed by atoms with Gasteiger partial charge in [-0.1, -0.05) is 73.1 Å². The Labute approximate surface area is 268 Å². The molecule has 0 spiro atoms. The van der Waals surface area contributed by atoms with Gasteiger partial charge in [0, 0.05) is 19.5 Å². The van der Waals surface area contributed by atoms with Crippen molar-refractivity contribution < 1.29 is 28.8 Å². The Morgan fingerprint density at radius 2 is 1.51 bits per heavy atom. The highest BCUT2D eigenvalue weighted by Crippen LogP contribution is 2.37. The summed E-state index contributed by atoms with van der Waals surface area (Å²) in [6.07, 6.45) is 9.77. The van der Waals surface area contributed by atoms with E-state index in [2.05, 4.69) is 21.3 Å². The van der Waals surface area contributed by atoms with Crippen molar-refractivity contribution in [3.8, 4) is 0 Å². The molecule has 45 heavy (non-hydrogen) atoms. The van der Waals surface area contributed by atoms with Crippen molar-refractivity contribution in [3.05, 3.63) is 0 Å². The zero-order valence-electron chi connectivity index (χ0n) is 28.1. The molecule has 4 aliphatic rings. The van der Waals surface area contributed by atoms with Gasteiger partial charge in [0.1, 0.15) is 12.1 Å². The summed E-state index contributed by atoms with van der Waals surface area (Å²) >= 11 is 0. The van der Waals surface area contributed by atoms with Crippen molar-refractivity contribution in [2.45, 2.75) is 129 Å². The van der Waals surface area contributed by atoms with E-state index in [1.54, 1.807) is 4.90 Å². The number of nitrogens with one attached hydrogen (secondary N) is 4. The van der Waals surface area contributed by atoms with Gasteiger partial charge in [0.2, 0.25) is 17.6 Å². The average Bonchev–Trinajstić information content (AvgIpc) is 3.95. The van der Waals surface area contributed by atoms with Crippen molar-refractivity contribution in [3.63, 3.8) is 0 Å². The fraction of sp³-hybridized carbons (Fsp3) is 0.824. The van der Waals surface area contributed by atoms with E-state index >= 15 is 0 Å². The number of hydrogen-bond donors (Lipinski definition) is 4. The first-order chi connectivity index (χ1) is 21.3. The molecule has 11 heteroatoms. The largest absolute Gasteiger partial charge is 0.353 e. The van der Waals surface area contributed by atoms with Crippen LogP contribution < -0.4 is 21.3 Å². The number of amides is 5. The third kappa shape index (κ3) is 8.64. The lowest BCUT2D eigenvalue weighted by atomic mass is 9.81. The van der Waals surface area contributed by atoms with E-state index in [4.69, 9.17) is 0 Å². The Kier molecular flexibility index (Phi) is 11.3. The van der Waals surface area contributed by atoms with E-state index in [-0.39, 0.29) is 41.3 Å². The van der Waals surface area contributed by atoms with Gasteiger partial charge in [-0.3, -0.25) is 24.0 Å². The summed E-state index contributed by atoms with van der Waals surface area (Å²) < 4.78 is 0. The van der Waals surface area contributed by atoms with Crippen molar-refractivity contribution in [1.82, 2.24) is 26.2 Å². The maximum atomic E-state index is 14.4. The number of carbonyl (C=O) groups excluding carboxylic acids is 6. The predicted octanol–water partition coefficient (Wildman–Crippen LogP) is 3.10. The van der Waals surface area contributed by atoms with Crippen molar-refractivity contribution in [1.29, 1.82) is 0 Å². The molecule has 5 amide bonds. The Morgan fingerprint density at radius 1 is 0.867 bits per heavy atom. The maximum Gasteiger partial charge on any atom is 0.316 e. The Hall–Kier alpha value is -2.98. The highest BCUT2D eigenvalue weighted by atomic mass is 16.2. The van der Waals surface area contributed by atoms with E-state index in [0.29, 0.717) is 13.0 Å². The van der Waals surface area contributed by atoms with Crippen LogP contribution in [0.3, 0.4) is 0 Å². The number of likely N-dealkylation sites (N-methyl/N-ethyl adjacent to an activating group) is 1. The zero-order chi connectivity index (χ0) is 33.1. The summed E-state index contributed by atoms with van der Waals surface area (Å²) in [6.45, 7) is 9.89. The van der Waals surface area contributed by atoms with Gasteiger partial charge < -0.3 is 26.2 Å². The zero-order valence-corrected chi connectivity index (χ0v) is 28.1. The van der Waals surface area contributed by atoms with Crippen molar-refractivity contribution in [2.75, 3.05) is 13.6 Å². The second kappa shape index (κ2) is 14.6. The van der Waals surface area contributed by atoms with Gasteiger partial charge in [-0.05, 0) is 61.2 Å². The third-order valence-corrected chi connectivity index (χ3v) is 10.5. The lowest BCUT2D eigenvalue weighted by Gasteiger charge is -2.37. The van der Waals surface area contributed by atoms with Crippen molar-refractivity contribution >= 4 is 35.3 Å². The molecule has 1 unspecified atom stereocenters. The first kappa shape index (κ1) is 34.9. The van der Waals surface area contributed by atoms with E-state index in [9.17, 15) is 28.8 Å². The summed E-state index contributed by atoms with van der Waals surface area (Å²) in [5, 5.41) is 11.1. The molecule has 0 aromatic carbocycles. The van der Waals surface area contributed by atoms with Gasteiger partial charge in [0.05, 0.1) is 12.1 Å². The van der Waals surface area contributed by atoms with Crippen LogP contribution in [0.2, 0.25) is 0 Å². The van der Waals surface area contributed by atoms with E-state index < -0.39 is 53.2 Å². The number of Topliss-reactive ketones (excluding diaryl/α,β-unsaturated/α-hetero) is 2. The molecular formula is C34H55N5O6. The molecule has 1 saturated heterocycles. The van der Waals surface area contributed by atoms with Crippen LogP contribution in [-0.2, 0) is 24.0 Å². The minimum Gasteiger partial charge on any atom is -0.353 e. The molecule has 3 aliphatic carbocycles. The first-order valence-electron chi connectivity index (χ1n) is 17.2. The number of nitrogens with zero attached hydrogens (tertiary/aromatic N) is 1. The molecule has 0 aromatic heterocycles.